The summed E-state index contributed by atoms with van der Waals surface area (Å²) in [4.78, 5) is 38.3. The Kier molecular flexibility index (Phi) is 5.37. The van der Waals surface area contributed by atoms with Gasteiger partial charge in [-0.1, -0.05) is 36.4 Å². The van der Waals surface area contributed by atoms with Gasteiger partial charge in [0.05, 0.1) is 19.7 Å². The van der Waals surface area contributed by atoms with Crippen molar-refractivity contribution in [2.45, 2.75) is 0 Å². The summed E-state index contributed by atoms with van der Waals surface area (Å²) in [5.41, 5.74) is 0.156. The number of benzene rings is 2. The van der Waals surface area contributed by atoms with E-state index in [4.69, 9.17) is 4.74 Å². The fourth-order valence-electron chi connectivity index (χ4n) is 2.82. The number of fused-ring (bicyclic) bond motifs is 1. The lowest BCUT2D eigenvalue weighted by atomic mass is 10.1. The number of carbonyl (C=O) groups is 2. The normalized spacial score (nSPS) is 10.8. The molecule has 0 radical (unpaired) electrons. The van der Waals surface area contributed by atoms with Crippen molar-refractivity contribution in [2.24, 2.45) is 0 Å². The van der Waals surface area contributed by atoms with Gasteiger partial charge in [-0.25, -0.2) is 4.79 Å². The molecule has 0 spiro atoms. The minimum absolute atomic E-state index is 0.0239. The molecule has 0 fully saturated rings. The SMILES string of the molecule is O=C(COC(=O)c1nn(-c2ccccc2)c(=O)c2ccccc12)c1ccc(Br)s1. The van der Waals surface area contributed by atoms with Crippen molar-refractivity contribution >= 4 is 49.8 Å². The highest BCUT2D eigenvalue weighted by atomic mass is 79.9. The largest absolute Gasteiger partial charge is 0.452 e. The number of ketones is 1. The Balaban J connectivity index is 1.71. The fourth-order valence-corrected chi connectivity index (χ4v) is 4.13. The second-order valence-corrected chi connectivity index (χ2v) is 8.51. The molecule has 0 saturated carbocycles. The first kappa shape index (κ1) is 19.2. The van der Waals surface area contributed by atoms with E-state index in [9.17, 15) is 14.4 Å². The number of ether oxygens (including phenoxy) is 1. The van der Waals surface area contributed by atoms with Crippen molar-refractivity contribution in [2.75, 3.05) is 6.61 Å². The minimum Gasteiger partial charge on any atom is -0.452 e. The van der Waals surface area contributed by atoms with E-state index in [1.54, 1.807) is 60.7 Å². The molecule has 144 valence electrons. The van der Waals surface area contributed by atoms with Crippen molar-refractivity contribution < 1.29 is 14.3 Å². The monoisotopic (exact) mass is 468 g/mol. The first-order valence-electron chi connectivity index (χ1n) is 8.58. The molecule has 0 saturated heterocycles. The maximum absolute atomic E-state index is 12.8. The van der Waals surface area contributed by atoms with Crippen molar-refractivity contribution in [3.63, 3.8) is 0 Å². The summed E-state index contributed by atoms with van der Waals surface area (Å²) in [7, 11) is 0. The van der Waals surface area contributed by atoms with Crippen LogP contribution < -0.4 is 5.56 Å². The lowest BCUT2D eigenvalue weighted by Gasteiger charge is -2.10. The van der Waals surface area contributed by atoms with Gasteiger partial charge in [-0.15, -0.1) is 11.3 Å². The number of para-hydroxylation sites is 1. The van der Waals surface area contributed by atoms with Crippen LogP contribution in [0.15, 0.2) is 75.3 Å². The van der Waals surface area contributed by atoms with Crippen LogP contribution in [0.25, 0.3) is 16.5 Å². The van der Waals surface area contributed by atoms with E-state index in [1.165, 1.54) is 11.3 Å². The predicted molar refractivity (Wildman–Crippen MR) is 114 cm³/mol. The second kappa shape index (κ2) is 8.10. The molecule has 2 aromatic heterocycles. The zero-order valence-electron chi connectivity index (χ0n) is 14.9. The number of rotatable bonds is 5. The first-order chi connectivity index (χ1) is 14.0. The molecule has 0 aliphatic heterocycles. The van der Waals surface area contributed by atoms with E-state index in [1.807, 2.05) is 6.07 Å². The van der Waals surface area contributed by atoms with Crippen LogP contribution in [-0.2, 0) is 4.74 Å². The Morgan fingerprint density at radius 1 is 0.966 bits per heavy atom. The molecule has 0 aliphatic carbocycles. The summed E-state index contributed by atoms with van der Waals surface area (Å²) in [5.74, 6) is -1.08. The quantitative estimate of drug-likeness (QED) is 0.323. The van der Waals surface area contributed by atoms with Crippen molar-refractivity contribution in [1.82, 2.24) is 9.78 Å². The van der Waals surface area contributed by atoms with Gasteiger partial charge in [-0.2, -0.15) is 9.78 Å². The number of esters is 1. The topological polar surface area (TPSA) is 78.3 Å². The standard InChI is InChI=1S/C21H13BrN2O4S/c22-18-11-10-17(29-18)16(25)12-28-21(27)19-14-8-4-5-9-15(14)20(26)24(23-19)13-6-2-1-3-7-13/h1-11H,12H2. The summed E-state index contributed by atoms with van der Waals surface area (Å²) < 4.78 is 7.20. The molecule has 6 nitrogen and oxygen atoms in total. The Morgan fingerprint density at radius 3 is 2.34 bits per heavy atom. The summed E-state index contributed by atoms with van der Waals surface area (Å²) in [6.07, 6.45) is 0. The number of hydrogen-bond acceptors (Lipinski definition) is 6. The molecule has 4 aromatic rings. The Labute approximate surface area is 177 Å². The van der Waals surface area contributed by atoms with Gasteiger partial charge in [0.15, 0.2) is 12.3 Å². The average Bonchev–Trinajstić information content (AvgIpc) is 3.19. The zero-order chi connectivity index (χ0) is 20.4. The van der Waals surface area contributed by atoms with Crippen LogP contribution in [0.1, 0.15) is 20.2 Å². The predicted octanol–water partition coefficient (Wildman–Crippen LogP) is 4.25. The maximum atomic E-state index is 12.8. The smallest absolute Gasteiger partial charge is 0.359 e. The molecule has 8 heteroatoms. The molecule has 4 rings (SSSR count). The third-order valence-corrected chi connectivity index (χ3v) is 5.85. The lowest BCUT2D eigenvalue weighted by Crippen LogP contribution is -2.25. The molecule has 0 atom stereocenters. The number of carbonyl (C=O) groups excluding carboxylic acids is 2. The van der Waals surface area contributed by atoms with E-state index in [-0.39, 0.29) is 17.0 Å². The van der Waals surface area contributed by atoms with E-state index in [0.29, 0.717) is 21.3 Å². The van der Waals surface area contributed by atoms with Crippen LogP contribution in [-0.4, -0.2) is 28.1 Å². The molecule has 0 bridgehead atoms. The molecule has 0 aliphatic rings. The highest BCUT2D eigenvalue weighted by molar-refractivity contribution is 9.11. The summed E-state index contributed by atoms with van der Waals surface area (Å²) >= 11 is 4.56. The highest BCUT2D eigenvalue weighted by Crippen LogP contribution is 2.22. The number of nitrogens with zero attached hydrogens (tertiary/aromatic N) is 2. The molecular formula is C21H13BrN2O4S. The number of Topliss-reactive ketones (excluding diaryl/α,β-unsaturated/α-hetero) is 1. The number of hydrogen-bond donors (Lipinski definition) is 0. The minimum atomic E-state index is -0.769. The van der Waals surface area contributed by atoms with Crippen LogP contribution in [0.2, 0.25) is 0 Å². The highest BCUT2D eigenvalue weighted by Gasteiger charge is 2.20. The van der Waals surface area contributed by atoms with Crippen LogP contribution >= 0.6 is 27.3 Å². The first-order valence-corrected chi connectivity index (χ1v) is 10.2. The van der Waals surface area contributed by atoms with Gasteiger partial charge in [-0.3, -0.25) is 9.59 Å². The molecule has 2 heterocycles. The molecule has 0 unspecified atom stereocenters. The molecule has 29 heavy (non-hydrogen) atoms. The Hall–Kier alpha value is -3.10. The third kappa shape index (κ3) is 3.90. The number of halogens is 1. The Bertz CT molecular complexity index is 1280. The van der Waals surface area contributed by atoms with E-state index in [0.717, 1.165) is 8.47 Å². The zero-order valence-corrected chi connectivity index (χ0v) is 17.3. The van der Waals surface area contributed by atoms with Gasteiger partial charge < -0.3 is 4.74 Å². The van der Waals surface area contributed by atoms with Crippen molar-refractivity contribution in [1.29, 1.82) is 0 Å². The van der Waals surface area contributed by atoms with E-state index < -0.39 is 12.6 Å². The van der Waals surface area contributed by atoms with Gasteiger partial charge in [0.1, 0.15) is 0 Å². The Morgan fingerprint density at radius 2 is 1.66 bits per heavy atom. The average molecular weight is 469 g/mol. The van der Waals surface area contributed by atoms with Crippen LogP contribution in [0, 0.1) is 0 Å². The summed E-state index contributed by atoms with van der Waals surface area (Å²) in [6, 6.07) is 18.9. The summed E-state index contributed by atoms with van der Waals surface area (Å²) in [5, 5.41) is 4.95. The van der Waals surface area contributed by atoms with Crippen LogP contribution in [0.5, 0.6) is 0 Å². The van der Waals surface area contributed by atoms with Gasteiger partial charge in [0.25, 0.3) is 5.56 Å². The maximum Gasteiger partial charge on any atom is 0.359 e. The molecular weight excluding hydrogens is 456 g/mol. The van der Waals surface area contributed by atoms with Crippen molar-refractivity contribution in [3.05, 3.63) is 91.4 Å². The third-order valence-electron chi connectivity index (χ3n) is 4.18. The van der Waals surface area contributed by atoms with Gasteiger partial charge in [0, 0.05) is 5.39 Å². The lowest BCUT2D eigenvalue weighted by molar-refractivity contribution is 0.0470. The molecule has 0 amide bonds. The van der Waals surface area contributed by atoms with E-state index in [2.05, 4.69) is 21.0 Å². The van der Waals surface area contributed by atoms with Gasteiger partial charge in [0.2, 0.25) is 5.78 Å². The number of thiophene rings is 1. The van der Waals surface area contributed by atoms with Gasteiger partial charge in [-0.05, 0) is 46.3 Å². The molecule has 0 N–H and O–H groups in total. The number of aromatic nitrogens is 2. The fraction of sp³-hybridized carbons (Fsp3) is 0.0476. The van der Waals surface area contributed by atoms with Crippen LogP contribution in [0.4, 0.5) is 0 Å². The van der Waals surface area contributed by atoms with Gasteiger partial charge >= 0.3 is 5.97 Å². The van der Waals surface area contributed by atoms with Crippen molar-refractivity contribution in [3.8, 4) is 5.69 Å². The van der Waals surface area contributed by atoms with E-state index >= 15 is 0 Å². The molecule has 2 aromatic carbocycles. The van der Waals surface area contributed by atoms with Crippen LogP contribution in [0.3, 0.4) is 0 Å². The second-order valence-electron chi connectivity index (χ2n) is 6.05. The summed E-state index contributed by atoms with van der Waals surface area (Å²) in [6.45, 7) is -0.410.